The van der Waals surface area contributed by atoms with Crippen LogP contribution < -0.4 is 5.32 Å². The summed E-state index contributed by atoms with van der Waals surface area (Å²) in [7, 11) is 1.62. The van der Waals surface area contributed by atoms with E-state index in [2.05, 4.69) is 5.32 Å². The maximum atomic E-state index is 12.4. The van der Waals surface area contributed by atoms with Gasteiger partial charge >= 0.3 is 5.97 Å². The average Bonchev–Trinajstić information content (AvgIpc) is 2.90. The number of carbonyl (C=O) groups excluding carboxylic acids is 2. The van der Waals surface area contributed by atoms with E-state index in [9.17, 15) is 19.5 Å². The third kappa shape index (κ3) is 4.05. The molecule has 0 aliphatic carbocycles. The normalized spacial score (nSPS) is 15.2. The Morgan fingerprint density at radius 2 is 1.86 bits per heavy atom. The highest BCUT2D eigenvalue weighted by molar-refractivity contribution is 8.26. The molecule has 7 nitrogen and oxygen atoms in total. The Hall–Kier alpha value is -3.17. The molecule has 1 heterocycles. The van der Waals surface area contributed by atoms with Gasteiger partial charge in [-0.25, -0.2) is 4.79 Å². The summed E-state index contributed by atoms with van der Waals surface area (Å²) in [6.45, 7) is 0. The van der Waals surface area contributed by atoms with Gasteiger partial charge in [0, 0.05) is 18.3 Å². The van der Waals surface area contributed by atoms with E-state index < -0.39 is 11.9 Å². The van der Waals surface area contributed by atoms with Crippen LogP contribution in [-0.2, 0) is 4.79 Å². The van der Waals surface area contributed by atoms with Gasteiger partial charge in [-0.05, 0) is 42.0 Å². The van der Waals surface area contributed by atoms with Gasteiger partial charge in [-0.15, -0.1) is 0 Å². The first kappa shape index (κ1) is 19.6. The molecule has 0 saturated carbocycles. The quantitative estimate of drug-likeness (QED) is 0.401. The lowest BCUT2D eigenvalue weighted by molar-refractivity contribution is -0.121. The van der Waals surface area contributed by atoms with Crippen molar-refractivity contribution >= 4 is 57.8 Å². The minimum atomic E-state index is -1.30. The third-order valence-electron chi connectivity index (χ3n) is 3.94. The van der Waals surface area contributed by atoms with E-state index >= 15 is 0 Å². The van der Waals surface area contributed by atoms with Gasteiger partial charge in [0.2, 0.25) is 0 Å². The van der Waals surface area contributed by atoms with Crippen LogP contribution in [0.4, 0.5) is 5.69 Å². The summed E-state index contributed by atoms with van der Waals surface area (Å²) in [5.74, 6) is -2.28. The minimum absolute atomic E-state index is 0.168. The van der Waals surface area contributed by atoms with E-state index in [4.69, 9.17) is 17.3 Å². The van der Waals surface area contributed by atoms with Crippen molar-refractivity contribution in [1.29, 1.82) is 0 Å². The molecule has 0 radical (unpaired) electrons. The zero-order valence-corrected chi connectivity index (χ0v) is 16.1. The molecule has 3 rings (SSSR count). The molecule has 2 aromatic rings. The fourth-order valence-electron chi connectivity index (χ4n) is 2.42. The first-order valence-electron chi connectivity index (χ1n) is 7.95. The first-order chi connectivity index (χ1) is 13.3. The number of benzene rings is 2. The number of thiocarbonyl (C=S) groups is 1. The maximum Gasteiger partial charge on any atom is 0.339 e. The topological polar surface area (TPSA) is 107 Å². The number of rotatable bonds is 4. The fourth-order valence-corrected chi connectivity index (χ4v) is 3.60. The van der Waals surface area contributed by atoms with E-state index in [1.54, 1.807) is 37.4 Å². The molecule has 1 saturated heterocycles. The van der Waals surface area contributed by atoms with Gasteiger partial charge in [-0.3, -0.25) is 14.5 Å². The summed E-state index contributed by atoms with van der Waals surface area (Å²) in [4.78, 5) is 37.3. The van der Waals surface area contributed by atoms with Gasteiger partial charge in [0.15, 0.2) is 0 Å². The number of carboxylic acids is 1. The van der Waals surface area contributed by atoms with Crippen LogP contribution >= 0.6 is 24.0 Å². The Morgan fingerprint density at radius 1 is 1.18 bits per heavy atom. The fraction of sp³-hybridized carbons (Fsp3) is 0.0526. The van der Waals surface area contributed by atoms with Crippen molar-refractivity contribution in [3.05, 3.63) is 64.1 Å². The number of phenols is 1. The van der Waals surface area contributed by atoms with Gasteiger partial charge < -0.3 is 15.5 Å². The van der Waals surface area contributed by atoms with Crippen LogP contribution in [0.1, 0.15) is 26.3 Å². The van der Waals surface area contributed by atoms with Gasteiger partial charge in [0.25, 0.3) is 11.8 Å². The van der Waals surface area contributed by atoms with E-state index in [1.165, 1.54) is 34.9 Å². The molecule has 2 aromatic carbocycles. The lowest BCUT2D eigenvalue weighted by Crippen LogP contribution is -2.22. The lowest BCUT2D eigenvalue weighted by Gasteiger charge is -2.08. The third-order valence-corrected chi connectivity index (χ3v) is 5.43. The zero-order valence-electron chi connectivity index (χ0n) is 14.5. The molecule has 0 bridgehead atoms. The number of carbonyl (C=O) groups is 3. The first-order valence-corrected chi connectivity index (χ1v) is 9.18. The molecule has 0 atom stereocenters. The molecule has 1 aliphatic heterocycles. The largest absolute Gasteiger partial charge is 0.507 e. The molecular weight excluding hydrogens is 400 g/mol. The number of thioether (sulfide) groups is 1. The molecule has 9 heteroatoms. The summed E-state index contributed by atoms with van der Waals surface area (Å²) in [5, 5.41) is 21.1. The van der Waals surface area contributed by atoms with Gasteiger partial charge in [-0.1, -0.05) is 36.1 Å². The van der Waals surface area contributed by atoms with Crippen molar-refractivity contribution in [3.63, 3.8) is 0 Å². The van der Waals surface area contributed by atoms with Crippen LogP contribution in [0.2, 0.25) is 0 Å². The smallest absolute Gasteiger partial charge is 0.339 e. The number of anilines is 1. The standard InChI is InChI=1S/C19H14N2O5S2/c1-21-17(24)15(28-19(21)27)8-10-2-4-11(5-3-10)16(23)20-12-6-7-14(22)13(9-12)18(25)26/h2-9,22H,1H3,(H,20,23)(H,25,26). The van der Waals surface area contributed by atoms with Crippen molar-refractivity contribution in [2.75, 3.05) is 12.4 Å². The molecule has 0 unspecified atom stereocenters. The second kappa shape index (κ2) is 7.83. The number of likely N-dealkylation sites (N-methyl/N-ethyl adjacent to an activating group) is 1. The average molecular weight is 414 g/mol. The summed E-state index contributed by atoms with van der Waals surface area (Å²) in [5.41, 5.74) is 1.03. The number of nitrogens with zero attached hydrogens (tertiary/aromatic N) is 1. The van der Waals surface area contributed by atoms with E-state index in [1.807, 2.05) is 0 Å². The number of aromatic carboxylic acids is 1. The van der Waals surface area contributed by atoms with Crippen molar-refractivity contribution < 1.29 is 24.6 Å². The Bertz CT molecular complexity index is 1030. The second-order valence-corrected chi connectivity index (χ2v) is 7.53. The molecule has 28 heavy (non-hydrogen) atoms. The summed E-state index contributed by atoms with van der Waals surface area (Å²) < 4.78 is 0.488. The highest BCUT2D eigenvalue weighted by Crippen LogP contribution is 2.31. The van der Waals surface area contributed by atoms with Crippen LogP contribution in [0.5, 0.6) is 5.75 Å². The number of hydrogen-bond donors (Lipinski definition) is 3. The lowest BCUT2D eigenvalue weighted by atomic mass is 10.1. The highest BCUT2D eigenvalue weighted by atomic mass is 32.2. The highest BCUT2D eigenvalue weighted by Gasteiger charge is 2.28. The summed E-state index contributed by atoms with van der Waals surface area (Å²) in [6.07, 6.45) is 1.70. The molecule has 1 aliphatic rings. The number of nitrogens with one attached hydrogen (secondary N) is 1. The SMILES string of the molecule is CN1C(=O)C(=Cc2ccc(C(=O)Nc3ccc(O)c(C(=O)O)c3)cc2)SC1=S. The predicted molar refractivity (Wildman–Crippen MR) is 110 cm³/mol. The Kier molecular flexibility index (Phi) is 5.48. The number of aromatic hydroxyl groups is 1. The Morgan fingerprint density at radius 3 is 2.43 bits per heavy atom. The van der Waals surface area contributed by atoms with Crippen LogP contribution in [0, 0.1) is 0 Å². The molecule has 3 N–H and O–H groups in total. The minimum Gasteiger partial charge on any atom is -0.507 e. The molecule has 0 spiro atoms. The molecule has 1 fully saturated rings. The van der Waals surface area contributed by atoms with E-state index in [0.29, 0.717) is 14.8 Å². The van der Waals surface area contributed by atoms with Crippen molar-refractivity contribution in [2.45, 2.75) is 0 Å². The number of amides is 2. The van der Waals surface area contributed by atoms with Crippen LogP contribution in [0.25, 0.3) is 6.08 Å². The van der Waals surface area contributed by atoms with Gasteiger partial charge in [-0.2, -0.15) is 0 Å². The molecule has 2 amide bonds. The number of hydrogen-bond acceptors (Lipinski definition) is 6. The van der Waals surface area contributed by atoms with Crippen LogP contribution in [0.15, 0.2) is 47.4 Å². The van der Waals surface area contributed by atoms with Gasteiger partial charge in [0.05, 0.1) is 4.91 Å². The van der Waals surface area contributed by atoms with Crippen molar-refractivity contribution in [3.8, 4) is 5.75 Å². The monoisotopic (exact) mass is 414 g/mol. The van der Waals surface area contributed by atoms with E-state index in [0.717, 1.165) is 5.56 Å². The van der Waals surface area contributed by atoms with Crippen LogP contribution in [0.3, 0.4) is 0 Å². The van der Waals surface area contributed by atoms with Crippen LogP contribution in [-0.4, -0.2) is 44.3 Å². The zero-order chi connectivity index (χ0) is 20.4. The number of carboxylic acid groups (broad SMARTS) is 1. The predicted octanol–water partition coefficient (Wildman–Crippen LogP) is 3.17. The maximum absolute atomic E-state index is 12.4. The molecular formula is C19H14N2O5S2. The van der Waals surface area contributed by atoms with E-state index in [-0.39, 0.29) is 22.9 Å². The summed E-state index contributed by atoms with van der Waals surface area (Å²) >= 11 is 6.30. The van der Waals surface area contributed by atoms with Crippen molar-refractivity contribution in [1.82, 2.24) is 4.90 Å². The summed E-state index contributed by atoms with van der Waals surface area (Å²) in [6, 6.07) is 10.3. The van der Waals surface area contributed by atoms with Crippen molar-refractivity contribution in [2.24, 2.45) is 0 Å². The van der Waals surface area contributed by atoms with Gasteiger partial charge in [0.1, 0.15) is 15.6 Å². The molecule has 0 aromatic heterocycles. The second-order valence-electron chi connectivity index (χ2n) is 5.85. The molecule has 142 valence electrons. The Balaban J connectivity index is 1.74. The Labute approximate surface area is 169 Å².